The van der Waals surface area contributed by atoms with Crippen LogP contribution in [0.1, 0.15) is 42.8 Å². The number of carbonyl (C=O) groups is 1. The molecule has 1 N–H and O–H groups in total. The van der Waals surface area contributed by atoms with E-state index in [0.717, 1.165) is 25.2 Å². The summed E-state index contributed by atoms with van der Waals surface area (Å²) in [5.74, 6) is 1.04. The second kappa shape index (κ2) is 7.14. The molecule has 0 spiro atoms. The summed E-state index contributed by atoms with van der Waals surface area (Å²) in [5.41, 5.74) is 0.914. The second-order valence-electron chi connectivity index (χ2n) is 8.62. The Morgan fingerprint density at radius 3 is 2.65 bits per heavy atom. The molecule has 3 aromatic heterocycles. The first-order valence-corrected chi connectivity index (χ1v) is 10.4. The lowest BCUT2D eigenvalue weighted by Gasteiger charge is -2.39. The SMILES string of the molecule is Cc1oc2ncnc(NC3(C)CC3)c2c1C(=O)N1CCN(c2ncc(F)cn2)C(C)C1. The summed E-state index contributed by atoms with van der Waals surface area (Å²) < 4.78 is 19.0. The summed E-state index contributed by atoms with van der Waals surface area (Å²) in [5, 5.41) is 4.09. The summed E-state index contributed by atoms with van der Waals surface area (Å²) in [7, 11) is 0. The molecule has 9 nitrogen and oxygen atoms in total. The van der Waals surface area contributed by atoms with Gasteiger partial charge in [-0.25, -0.2) is 24.3 Å². The first kappa shape index (κ1) is 19.7. The van der Waals surface area contributed by atoms with Crippen molar-refractivity contribution in [2.45, 2.75) is 45.2 Å². The molecule has 0 radical (unpaired) electrons. The van der Waals surface area contributed by atoms with Gasteiger partial charge in [0, 0.05) is 31.2 Å². The van der Waals surface area contributed by atoms with Crippen LogP contribution in [0.2, 0.25) is 0 Å². The predicted octanol–water partition coefficient (Wildman–Crippen LogP) is 2.78. The number of hydrogen-bond acceptors (Lipinski definition) is 8. The van der Waals surface area contributed by atoms with Gasteiger partial charge in [0.1, 0.15) is 17.9 Å². The van der Waals surface area contributed by atoms with E-state index in [-0.39, 0.29) is 17.5 Å². The normalized spacial score (nSPS) is 20.2. The summed E-state index contributed by atoms with van der Waals surface area (Å²) in [6.07, 6.45) is 5.88. The van der Waals surface area contributed by atoms with Crippen LogP contribution in [0.25, 0.3) is 11.1 Å². The van der Waals surface area contributed by atoms with Crippen molar-refractivity contribution in [1.82, 2.24) is 24.8 Å². The molecule has 162 valence electrons. The molecule has 2 fully saturated rings. The second-order valence-corrected chi connectivity index (χ2v) is 8.62. The number of aryl methyl sites for hydroxylation is 1. The largest absolute Gasteiger partial charge is 0.442 e. The fraction of sp³-hybridized carbons (Fsp3) is 0.476. The van der Waals surface area contributed by atoms with E-state index in [0.29, 0.717) is 53.8 Å². The van der Waals surface area contributed by atoms with Gasteiger partial charge in [0.15, 0.2) is 5.82 Å². The number of hydrogen-bond donors (Lipinski definition) is 1. The Balaban J connectivity index is 1.41. The number of anilines is 2. The van der Waals surface area contributed by atoms with Gasteiger partial charge in [-0.2, -0.15) is 0 Å². The number of nitrogens with one attached hydrogen (secondary N) is 1. The number of amides is 1. The van der Waals surface area contributed by atoms with Crippen LogP contribution >= 0.6 is 0 Å². The van der Waals surface area contributed by atoms with Gasteiger partial charge in [0.2, 0.25) is 11.7 Å². The van der Waals surface area contributed by atoms with E-state index < -0.39 is 5.82 Å². The van der Waals surface area contributed by atoms with Gasteiger partial charge in [-0.3, -0.25) is 4.79 Å². The molecular weight excluding hydrogens is 401 g/mol. The molecule has 0 bridgehead atoms. The van der Waals surface area contributed by atoms with Gasteiger partial charge in [-0.15, -0.1) is 0 Å². The summed E-state index contributed by atoms with van der Waals surface area (Å²) >= 11 is 0. The minimum Gasteiger partial charge on any atom is -0.442 e. The smallest absolute Gasteiger partial charge is 0.258 e. The zero-order valence-corrected chi connectivity index (χ0v) is 17.7. The van der Waals surface area contributed by atoms with Crippen molar-refractivity contribution in [3.05, 3.63) is 35.9 Å². The number of fused-ring (bicyclic) bond motifs is 1. The Bertz CT molecular complexity index is 1140. The van der Waals surface area contributed by atoms with Crippen molar-refractivity contribution in [3.8, 4) is 0 Å². The zero-order chi connectivity index (χ0) is 21.8. The lowest BCUT2D eigenvalue weighted by molar-refractivity contribution is 0.0725. The number of nitrogens with zero attached hydrogens (tertiary/aromatic N) is 6. The monoisotopic (exact) mass is 425 g/mol. The molecule has 0 aromatic carbocycles. The number of piperazine rings is 1. The van der Waals surface area contributed by atoms with E-state index in [1.807, 2.05) is 11.8 Å². The number of carbonyl (C=O) groups excluding carboxylic acids is 1. The summed E-state index contributed by atoms with van der Waals surface area (Å²) in [4.78, 5) is 34.1. The maximum absolute atomic E-state index is 13.5. The lowest BCUT2D eigenvalue weighted by atomic mass is 10.1. The molecular formula is C21H24FN7O2. The fourth-order valence-corrected chi connectivity index (χ4v) is 4.05. The molecule has 1 aliphatic heterocycles. The number of furan rings is 1. The molecule has 5 rings (SSSR count). The highest BCUT2D eigenvalue weighted by atomic mass is 19.1. The van der Waals surface area contributed by atoms with Gasteiger partial charge in [0.25, 0.3) is 5.91 Å². The quantitative estimate of drug-likeness (QED) is 0.681. The average molecular weight is 425 g/mol. The van der Waals surface area contributed by atoms with E-state index >= 15 is 0 Å². The minimum atomic E-state index is -0.473. The van der Waals surface area contributed by atoms with Gasteiger partial charge >= 0.3 is 0 Å². The van der Waals surface area contributed by atoms with Crippen LogP contribution in [0.3, 0.4) is 0 Å². The Hall–Kier alpha value is -3.30. The van der Waals surface area contributed by atoms with Crippen molar-refractivity contribution in [1.29, 1.82) is 0 Å². The molecule has 2 aliphatic rings. The highest BCUT2D eigenvalue weighted by molar-refractivity contribution is 6.10. The van der Waals surface area contributed by atoms with Crippen molar-refractivity contribution >= 4 is 28.8 Å². The van der Waals surface area contributed by atoms with E-state index in [9.17, 15) is 9.18 Å². The number of aromatic nitrogens is 4. The molecule has 1 aliphatic carbocycles. The molecule has 3 aromatic rings. The van der Waals surface area contributed by atoms with Crippen molar-refractivity contribution in [3.63, 3.8) is 0 Å². The predicted molar refractivity (Wildman–Crippen MR) is 113 cm³/mol. The van der Waals surface area contributed by atoms with Crippen LogP contribution in [0.5, 0.6) is 0 Å². The van der Waals surface area contributed by atoms with Crippen LogP contribution in [-0.4, -0.2) is 62.0 Å². The van der Waals surface area contributed by atoms with E-state index in [1.54, 1.807) is 11.8 Å². The number of rotatable bonds is 4. The molecule has 1 amide bonds. The average Bonchev–Trinajstić information content (AvgIpc) is 3.36. The molecule has 10 heteroatoms. The van der Waals surface area contributed by atoms with E-state index in [1.165, 1.54) is 6.33 Å². The van der Waals surface area contributed by atoms with Crippen molar-refractivity contribution in [2.75, 3.05) is 29.9 Å². The molecule has 1 atom stereocenters. The Morgan fingerprint density at radius 2 is 1.97 bits per heavy atom. The van der Waals surface area contributed by atoms with Gasteiger partial charge in [-0.1, -0.05) is 0 Å². The third kappa shape index (κ3) is 3.55. The van der Waals surface area contributed by atoms with Crippen LogP contribution in [0.4, 0.5) is 16.2 Å². The fourth-order valence-electron chi connectivity index (χ4n) is 4.05. The Morgan fingerprint density at radius 1 is 1.23 bits per heavy atom. The number of halogens is 1. The standard InChI is InChI=1S/C21H24FN7O2/c1-12-10-28(6-7-29(12)20-23-8-14(22)9-24-20)19(30)15-13(2)31-18-16(15)17(25-11-26-18)27-21(3)4-5-21/h8-9,11-12H,4-7,10H2,1-3H3,(H,25,26,27). The van der Waals surface area contributed by atoms with Crippen LogP contribution in [-0.2, 0) is 0 Å². The maximum Gasteiger partial charge on any atom is 0.258 e. The third-order valence-corrected chi connectivity index (χ3v) is 6.08. The highest BCUT2D eigenvalue weighted by Crippen LogP contribution is 2.40. The molecule has 1 saturated carbocycles. The Labute approximate surface area is 178 Å². The lowest BCUT2D eigenvalue weighted by Crippen LogP contribution is -2.54. The summed E-state index contributed by atoms with van der Waals surface area (Å²) in [6.45, 7) is 7.44. The first-order chi connectivity index (χ1) is 14.8. The first-order valence-electron chi connectivity index (χ1n) is 10.4. The van der Waals surface area contributed by atoms with E-state index in [2.05, 4.69) is 32.2 Å². The van der Waals surface area contributed by atoms with Crippen LogP contribution in [0, 0.1) is 12.7 Å². The minimum absolute atomic E-state index is 0.00206. The van der Waals surface area contributed by atoms with Gasteiger partial charge in [-0.05, 0) is 33.6 Å². The highest BCUT2D eigenvalue weighted by Gasteiger charge is 2.39. The summed E-state index contributed by atoms with van der Waals surface area (Å²) in [6, 6.07) is -0.0270. The molecule has 4 heterocycles. The van der Waals surface area contributed by atoms with Crippen molar-refractivity contribution in [2.24, 2.45) is 0 Å². The topological polar surface area (TPSA) is 100 Å². The van der Waals surface area contributed by atoms with Crippen molar-refractivity contribution < 1.29 is 13.6 Å². The zero-order valence-electron chi connectivity index (χ0n) is 17.7. The maximum atomic E-state index is 13.5. The van der Waals surface area contributed by atoms with Crippen LogP contribution in [0.15, 0.2) is 23.1 Å². The molecule has 1 saturated heterocycles. The van der Waals surface area contributed by atoms with Gasteiger partial charge < -0.3 is 19.5 Å². The molecule has 31 heavy (non-hydrogen) atoms. The third-order valence-electron chi connectivity index (χ3n) is 6.08. The Kier molecular flexibility index (Phi) is 4.53. The molecule has 1 unspecified atom stereocenters. The van der Waals surface area contributed by atoms with E-state index in [4.69, 9.17) is 4.42 Å². The van der Waals surface area contributed by atoms with Crippen LogP contribution < -0.4 is 10.2 Å². The van der Waals surface area contributed by atoms with Gasteiger partial charge in [0.05, 0.1) is 23.3 Å².